The Balaban J connectivity index is 2.25. The first-order valence-corrected chi connectivity index (χ1v) is 6.87. The van der Waals surface area contributed by atoms with Crippen molar-refractivity contribution in [3.8, 4) is 0 Å². The highest BCUT2D eigenvalue weighted by Gasteiger charge is 2.19. The number of carboxylic acids is 1. The predicted octanol–water partition coefficient (Wildman–Crippen LogP) is 2.58. The number of hydrogen-bond donors (Lipinski definition) is 2. The van der Waals surface area contributed by atoms with Gasteiger partial charge in [-0.15, -0.1) is 0 Å². The maximum absolute atomic E-state index is 11.3. The van der Waals surface area contributed by atoms with Crippen molar-refractivity contribution in [1.82, 2.24) is 0 Å². The highest BCUT2D eigenvalue weighted by atomic mass is 16.4. The van der Waals surface area contributed by atoms with Crippen LogP contribution in [0.1, 0.15) is 37.0 Å². The highest BCUT2D eigenvalue weighted by Crippen LogP contribution is 2.27. The van der Waals surface area contributed by atoms with Crippen LogP contribution in [-0.4, -0.2) is 30.1 Å². The van der Waals surface area contributed by atoms with E-state index < -0.39 is 5.97 Å². The van der Waals surface area contributed by atoms with Crippen LogP contribution in [0.4, 0.5) is 11.4 Å². The van der Waals surface area contributed by atoms with Crippen LogP contribution in [0.5, 0.6) is 0 Å². The Bertz CT molecular complexity index is 520. The summed E-state index contributed by atoms with van der Waals surface area (Å²) in [6.07, 6.45) is 2.24. The second-order valence-corrected chi connectivity index (χ2v) is 5.39. The molecule has 0 bridgehead atoms. The molecule has 20 heavy (non-hydrogen) atoms. The lowest BCUT2D eigenvalue weighted by atomic mass is 9.98. The molecule has 0 atom stereocenters. The van der Waals surface area contributed by atoms with Gasteiger partial charge >= 0.3 is 5.97 Å². The number of hydrogen-bond acceptors (Lipinski definition) is 3. The van der Waals surface area contributed by atoms with Crippen LogP contribution < -0.4 is 10.2 Å². The molecule has 0 saturated carbocycles. The van der Waals surface area contributed by atoms with Gasteiger partial charge in [-0.3, -0.25) is 4.79 Å². The molecule has 0 radical (unpaired) electrons. The fourth-order valence-corrected chi connectivity index (χ4v) is 2.47. The van der Waals surface area contributed by atoms with Crippen LogP contribution in [-0.2, 0) is 4.79 Å². The first-order chi connectivity index (χ1) is 9.47. The monoisotopic (exact) mass is 276 g/mol. The average Bonchev–Trinajstić information content (AvgIpc) is 2.39. The number of aromatic carboxylic acids is 1. The van der Waals surface area contributed by atoms with Crippen molar-refractivity contribution in [1.29, 1.82) is 0 Å². The Morgan fingerprint density at radius 3 is 2.50 bits per heavy atom. The molecule has 108 valence electrons. The number of amides is 1. The second-order valence-electron chi connectivity index (χ2n) is 5.39. The van der Waals surface area contributed by atoms with Gasteiger partial charge in [0.25, 0.3) is 0 Å². The quantitative estimate of drug-likeness (QED) is 0.890. The number of anilines is 2. The Kier molecular flexibility index (Phi) is 4.27. The minimum absolute atomic E-state index is 0.135. The Morgan fingerprint density at radius 1 is 1.30 bits per heavy atom. The Hall–Kier alpha value is -2.04. The molecule has 2 N–H and O–H groups in total. The van der Waals surface area contributed by atoms with Gasteiger partial charge in [-0.05, 0) is 37.0 Å². The fraction of sp³-hybridized carbons (Fsp3) is 0.467. The van der Waals surface area contributed by atoms with Gasteiger partial charge in [-0.1, -0.05) is 6.92 Å². The third-order valence-corrected chi connectivity index (χ3v) is 3.69. The van der Waals surface area contributed by atoms with E-state index in [1.54, 1.807) is 12.1 Å². The standard InChI is InChI=1S/C15H20N2O3/c1-10-5-7-17(8-6-10)12-3-4-14(16-11(2)18)13(9-12)15(19)20/h3-4,9-10H,5-8H2,1-2H3,(H,16,18)(H,19,20). The van der Waals surface area contributed by atoms with Gasteiger partial charge < -0.3 is 15.3 Å². The Morgan fingerprint density at radius 2 is 1.95 bits per heavy atom. The largest absolute Gasteiger partial charge is 0.478 e. The summed E-state index contributed by atoms with van der Waals surface area (Å²) in [7, 11) is 0. The molecule has 1 saturated heterocycles. The zero-order valence-corrected chi connectivity index (χ0v) is 11.8. The van der Waals surface area contributed by atoms with Crippen molar-refractivity contribution >= 4 is 23.3 Å². The number of nitrogens with one attached hydrogen (secondary N) is 1. The van der Waals surface area contributed by atoms with Crippen LogP contribution in [0, 0.1) is 5.92 Å². The van der Waals surface area contributed by atoms with Gasteiger partial charge in [-0.2, -0.15) is 0 Å². The molecule has 5 heteroatoms. The summed E-state index contributed by atoms with van der Waals surface area (Å²) in [5.74, 6) is -0.572. The summed E-state index contributed by atoms with van der Waals surface area (Å²) >= 11 is 0. The number of rotatable bonds is 3. The van der Waals surface area contributed by atoms with E-state index in [0.717, 1.165) is 37.5 Å². The van der Waals surface area contributed by atoms with Crippen LogP contribution in [0.3, 0.4) is 0 Å². The van der Waals surface area contributed by atoms with Crippen LogP contribution in [0.2, 0.25) is 0 Å². The van der Waals surface area contributed by atoms with Gasteiger partial charge in [0.1, 0.15) is 0 Å². The van der Waals surface area contributed by atoms with E-state index in [1.165, 1.54) is 6.92 Å². The lowest BCUT2D eigenvalue weighted by Crippen LogP contribution is -2.32. The summed E-state index contributed by atoms with van der Waals surface area (Å²) in [5, 5.41) is 11.8. The average molecular weight is 276 g/mol. The molecule has 0 aromatic heterocycles. The number of carboxylic acid groups (broad SMARTS) is 1. The van der Waals surface area contributed by atoms with E-state index in [2.05, 4.69) is 17.1 Å². The van der Waals surface area contributed by atoms with Crippen LogP contribution in [0.25, 0.3) is 0 Å². The first-order valence-electron chi connectivity index (χ1n) is 6.87. The summed E-state index contributed by atoms with van der Waals surface area (Å²) < 4.78 is 0. The second kappa shape index (κ2) is 5.94. The van der Waals surface area contributed by atoms with E-state index in [0.29, 0.717) is 5.69 Å². The maximum atomic E-state index is 11.3. The van der Waals surface area contributed by atoms with E-state index in [1.807, 2.05) is 6.07 Å². The molecular weight excluding hydrogens is 256 g/mol. The molecular formula is C15H20N2O3. The maximum Gasteiger partial charge on any atom is 0.337 e. The molecule has 0 spiro atoms. The van der Waals surface area contributed by atoms with Crippen molar-refractivity contribution < 1.29 is 14.7 Å². The van der Waals surface area contributed by atoms with E-state index in [-0.39, 0.29) is 11.5 Å². The third-order valence-electron chi connectivity index (χ3n) is 3.69. The van der Waals surface area contributed by atoms with Gasteiger partial charge in [0.05, 0.1) is 11.3 Å². The molecule has 1 aliphatic rings. The lowest BCUT2D eigenvalue weighted by molar-refractivity contribution is -0.114. The molecule has 2 rings (SSSR count). The van der Waals surface area contributed by atoms with E-state index >= 15 is 0 Å². The number of nitrogens with zero attached hydrogens (tertiary/aromatic N) is 1. The minimum atomic E-state index is -1.03. The lowest BCUT2D eigenvalue weighted by Gasteiger charge is -2.32. The number of carbonyl (C=O) groups is 2. The Labute approximate surface area is 118 Å². The molecule has 1 aromatic carbocycles. The van der Waals surface area contributed by atoms with Gasteiger partial charge in [-0.25, -0.2) is 4.79 Å². The predicted molar refractivity (Wildman–Crippen MR) is 78.3 cm³/mol. The molecule has 5 nitrogen and oxygen atoms in total. The minimum Gasteiger partial charge on any atom is -0.478 e. The zero-order chi connectivity index (χ0) is 14.7. The normalized spacial score (nSPS) is 16.0. The molecule has 0 unspecified atom stereocenters. The van der Waals surface area contributed by atoms with Crippen molar-refractivity contribution in [3.05, 3.63) is 23.8 Å². The van der Waals surface area contributed by atoms with Crippen molar-refractivity contribution in [2.75, 3.05) is 23.3 Å². The smallest absolute Gasteiger partial charge is 0.337 e. The van der Waals surface area contributed by atoms with Crippen LogP contribution >= 0.6 is 0 Å². The topological polar surface area (TPSA) is 69.6 Å². The van der Waals surface area contributed by atoms with Crippen molar-refractivity contribution in [2.45, 2.75) is 26.7 Å². The summed E-state index contributed by atoms with van der Waals surface area (Å²) in [5.41, 5.74) is 1.39. The van der Waals surface area contributed by atoms with Crippen LogP contribution in [0.15, 0.2) is 18.2 Å². The number of piperidine rings is 1. The number of carbonyl (C=O) groups excluding carboxylic acids is 1. The van der Waals surface area contributed by atoms with E-state index in [4.69, 9.17) is 0 Å². The number of benzene rings is 1. The van der Waals surface area contributed by atoms with E-state index in [9.17, 15) is 14.7 Å². The van der Waals surface area contributed by atoms with Crippen molar-refractivity contribution in [3.63, 3.8) is 0 Å². The molecule has 0 aliphatic carbocycles. The molecule has 1 fully saturated rings. The summed E-state index contributed by atoms with van der Waals surface area (Å²) in [6, 6.07) is 5.18. The van der Waals surface area contributed by atoms with Gasteiger partial charge in [0.15, 0.2) is 0 Å². The van der Waals surface area contributed by atoms with Gasteiger partial charge in [0.2, 0.25) is 5.91 Å². The summed E-state index contributed by atoms with van der Waals surface area (Å²) in [4.78, 5) is 24.6. The summed E-state index contributed by atoms with van der Waals surface area (Å²) in [6.45, 7) is 5.49. The van der Waals surface area contributed by atoms with Gasteiger partial charge in [0, 0.05) is 25.7 Å². The zero-order valence-electron chi connectivity index (χ0n) is 11.8. The molecule has 1 aliphatic heterocycles. The highest BCUT2D eigenvalue weighted by molar-refractivity contribution is 6.00. The fourth-order valence-electron chi connectivity index (χ4n) is 2.47. The molecule has 1 heterocycles. The van der Waals surface area contributed by atoms with Crippen molar-refractivity contribution in [2.24, 2.45) is 5.92 Å². The molecule has 1 aromatic rings. The third kappa shape index (κ3) is 3.29. The SMILES string of the molecule is CC(=O)Nc1ccc(N2CCC(C)CC2)cc1C(=O)O. The first kappa shape index (κ1) is 14.4. The molecule has 1 amide bonds.